The third kappa shape index (κ3) is 2.44. The van der Waals surface area contributed by atoms with E-state index in [0.29, 0.717) is 25.0 Å². The highest BCUT2D eigenvalue weighted by Crippen LogP contribution is 2.30. The molecular formula is C15H14BrNO4. The Morgan fingerprint density at radius 1 is 1.38 bits per heavy atom. The lowest BCUT2D eigenvalue weighted by Gasteiger charge is -2.19. The van der Waals surface area contributed by atoms with Crippen molar-refractivity contribution in [2.75, 3.05) is 6.54 Å². The van der Waals surface area contributed by atoms with Crippen LogP contribution in [0.5, 0.6) is 0 Å². The second-order valence-corrected chi connectivity index (χ2v) is 6.12. The summed E-state index contributed by atoms with van der Waals surface area (Å²) < 4.78 is 6.41. The Kier molecular flexibility index (Phi) is 3.49. The maximum Gasteiger partial charge on any atom is 0.326 e. The van der Waals surface area contributed by atoms with Gasteiger partial charge in [-0.3, -0.25) is 4.79 Å². The van der Waals surface area contributed by atoms with Crippen LogP contribution in [0.3, 0.4) is 0 Å². The van der Waals surface area contributed by atoms with Crippen LogP contribution in [-0.4, -0.2) is 34.5 Å². The Labute approximate surface area is 129 Å². The van der Waals surface area contributed by atoms with Crippen molar-refractivity contribution in [1.82, 2.24) is 4.90 Å². The van der Waals surface area contributed by atoms with E-state index in [-0.39, 0.29) is 11.7 Å². The Morgan fingerprint density at radius 2 is 2.14 bits per heavy atom. The van der Waals surface area contributed by atoms with Crippen molar-refractivity contribution in [3.63, 3.8) is 0 Å². The first-order valence-electron chi connectivity index (χ1n) is 6.71. The quantitative estimate of drug-likeness (QED) is 0.901. The number of aliphatic carboxylic acids is 1. The monoisotopic (exact) mass is 351 g/mol. The smallest absolute Gasteiger partial charge is 0.326 e. The Bertz CT molecular complexity index is 737. The van der Waals surface area contributed by atoms with E-state index in [0.717, 1.165) is 15.4 Å². The number of carboxylic acids is 1. The standard InChI is InChI=1S/C15H14BrNO4/c1-8-5-9-7-12(21-13(9)10(16)6-8)14(18)17-4-2-3-11(17)15(19)20/h5-7,11H,2-4H2,1H3,(H,19,20)/t11-/m1/s1. The van der Waals surface area contributed by atoms with Gasteiger partial charge in [0, 0.05) is 11.9 Å². The van der Waals surface area contributed by atoms with Crippen molar-refractivity contribution in [2.45, 2.75) is 25.8 Å². The van der Waals surface area contributed by atoms with Crippen molar-refractivity contribution in [2.24, 2.45) is 0 Å². The minimum absolute atomic E-state index is 0.185. The van der Waals surface area contributed by atoms with Crippen LogP contribution < -0.4 is 0 Å². The lowest BCUT2D eigenvalue weighted by atomic mass is 10.2. The van der Waals surface area contributed by atoms with Gasteiger partial charge < -0.3 is 14.4 Å². The summed E-state index contributed by atoms with van der Waals surface area (Å²) in [5.74, 6) is -1.14. The average molecular weight is 352 g/mol. The summed E-state index contributed by atoms with van der Waals surface area (Å²) >= 11 is 3.42. The third-order valence-electron chi connectivity index (χ3n) is 3.72. The molecular weight excluding hydrogens is 338 g/mol. The molecule has 2 aromatic rings. The number of hydrogen-bond donors (Lipinski definition) is 1. The van der Waals surface area contributed by atoms with Gasteiger partial charge in [0.2, 0.25) is 0 Å². The molecule has 5 nitrogen and oxygen atoms in total. The lowest BCUT2D eigenvalue weighted by Crippen LogP contribution is -2.40. The first kappa shape index (κ1) is 14.1. The molecule has 21 heavy (non-hydrogen) atoms. The molecule has 3 rings (SSSR count). The van der Waals surface area contributed by atoms with Gasteiger partial charge in [-0.2, -0.15) is 0 Å². The van der Waals surface area contributed by atoms with Crippen molar-refractivity contribution >= 4 is 38.8 Å². The Hall–Kier alpha value is -1.82. The van der Waals surface area contributed by atoms with Crippen LogP contribution in [0.25, 0.3) is 11.0 Å². The van der Waals surface area contributed by atoms with E-state index in [1.807, 2.05) is 19.1 Å². The van der Waals surface area contributed by atoms with E-state index in [1.54, 1.807) is 6.07 Å². The van der Waals surface area contributed by atoms with Gasteiger partial charge in [-0.15, -0.1) is 0 Å². The second kappa shape index (κ2) is 5.18. The second-order valence-electron chi connectivity index (χ2n) is 5.27. The van der Waals surface area contributed by atoms with E-state index in [9.17, 15) is 9.59 Å². The maximum absolute atomic E-state index is 12.5. The number of rotatable bonds is 2. The van der Waals surface area contributed by atoms with Crippen molar-refractivity contribution in [3.8, 4) is 0 Å². The molecule has 1 N–H and O–H groups in total. The average Bonchev–Trinajstić information content (AvgIpc) is 3.03. The number of carbonyl (C=O) groups is 2. The molecule has 2 heterocycles. The zero-order valence-corrected chi connectivity index (χ0v) is 13.0. The van der Waals surface area contributed by atoms with E-state index in [4.69, 9.17) is 9.52 Å². The molecule has 1 aliphatic heterocycles. The molecule has 110 valence electrons. The number of halogens is 1. The lowest BCUT2D eigenvalue weighted by molar-refractivity contribution is -0.141. The van der Waals surface area contributed by atoms with Gasteiger partial charge in [0.1, 0.15) is 11.6 Å². The summed E-state index contributed by atoms with van der Waals surface area (Å²) in [6.07, 6.45) is 1.19. The number of benzene rings is 1. The topological polar surface area (TPSA) is 70.8 Å². The van der Waals surface area contributed by atoms with E-state index in [1.165, 1.54) is 4.90 Å². The molecule has 0 unspecified atom stereocenters. The molecule has 1 aliphatic rings. The number of nitrogens with zero attached hydrogens (tertiary/aromatic N) is 1. The van der Waals surface area contributed by atoms with Gasteiger partial charge in [-0.25, -0.2) is 4.79 Å². The number of amides is 1. The molecule has 1 saturated heterocycles. The fourth-order valence-electron chi connectivity index (χ4n) is 2.76. The van der Waals surface area contributed by atoms with Gasteiger partial charge in [-0.05, 0) is 59.5 Å². The van der Waals surface area contributed by atoms with E-state index in [2.05, 4.69) is 15.9 Å². The predicted molar refractivity (Wildman–Crippen MR) is 80.3 cm³/mol. The SMILES string of the molecule is Cc1cc(Br)c2oc(C(=O)N3CCC[C@@H]3C(=O)O)cc2c1. The third-order valence-corrected chi connectivity index (χ3v) is 4.31. The summed E-state index contributed by atoms with van der Waals surface area (Å²) in [6.45, 7) is 2.41. The van der Waals surface area contributed by atoms with Crippen LogP contribution in [0.15, 0.2) is 27.1 Å². The summed E-state index contributed by atoms with van der Waals surface area (Å²) in [7, 11) is 0. The number of likely N-dealkylation sites (tertiary alicyclic amines) is 1. The van der Waals surface area contributed by atoms with Crippen LogP contribution in [-0.2, 0) is 4.79 Å². The minimum Gasteiger partial charge on any atom is -0.480 e. The van der Waals surface area contributed by atoms with Gasteiger partial charge in [0.25, 0.3) is 5.91 Å². The molecule has 0 aliphatic carbocycles. The van der Waals surface area contributed by atoms with E-state index < -0.39 is 12.0 Å². The van der Waals surface area contributed by atoms with E-state index >= 15 is 0 Å². The molecule has 1 amide bonds. The van der Waals surface area contributed by atoms with Crippen LogP contribution in [0.4, 0.5) is 0 Å². The molecule has 1 aromatic heterocycles. The number of carbonyl (C=O) groups excluding carboxylic acids is 1. The molecule has 0 radical (unpaired) electrons. The van der Waals surface area contributed by atoms with Crippen LogP contribution in [0, 0.1) is 6.92 Å². The predicted octanol–water partition coefficient (Wildman–Crippen LogP) is 3.19. The normalized spacial score (nSPS) is 18.4. The van der Waals surface area contributed by atoms with Gasteiger partial charge in [0.05, 0.1) is 4.47 Å². The highest BCUT2D eigenvalue weighted by Gasteiger charge is 2.35. The molecule has 6 heteroatoms. The summed E-state index contributed by atoms with van der Waals surface area (Å²) in [6, 6.07) is 4.76. The molecule has 0 bridgehead atoms. The van der Waals surface area contributed by atoms with Gasteiger partial charge in [-0.1, -0.05) is 0 Å². The van der Waals surface area contributed by atoms with Crippen LogP contribution in [0.1, 0.15) is 29.0 Å². The van der Waals surface area contributed by atoms with Crippen LogP contribution in [0.2, 0.25) is 0 Å². The van der Waals surface area contributed by atoms with Crippen molar-refractivity contribution in [1.29, 1.82) is 0 Å². The number of fused-ring (bicyclic) bond motifs is 1. The molecule has 0 spiro atoms. The molecule has 1 atom stereocenters. The highest BCUT2D eigenvalue weighted by atomic mass is 79.9. The molecule has 0 saturated carbocycles. The first-order chi connectivity index (χ1) is 9.97. The summed E-state index contributed by atoms with van der Waals surface area (Å²) in [5, 5.41) is 10.00. The number of furan rings is 1. The highest BCUT2D eigenvalue weighted by molar-refractivity contribution is 9.10. The van der Waals surface area contributed by atoms with Gasteiger partial charge >= 0.3 is 5.97 Å². The van der Waals surface area contributed by atoms with Crippen molar-refractivity contribution < 1.29 is 19.1 Å². The molecule has 1 aromatic carbocycles. The largest absolute Gasteiger partial charge is 0.480 e. The fraction of sp³-hybridized carbons (Fsp3) is 0.333. The number of carboxylic acid groups (broad SMARTS) is 1. The Morgan fingerprint density at radius 3 is 2.86 bits per heavy atom. The first-order valence-corrected chi connectivity index (χ1v) is 7.50. The Balaban J connectivity index is 1.98. The summed E-state index contributed by atoms with van der Waals surface area (Å²) in [5.41, 5.74) is 1.66. The zero-order valence-electron chi connectivity index (χ0n) is 11.4. The van der Waals surface area contributed by atoms with Gasteiger partial charge in [0.15, 0.2) is 5.76 Å². The fourth-order valence-corrected chi connectivity index (χ4v) is 3.44. The maximum atomic E-state index is 12.5. The summed E-state index contributed by atoms with van der Waals surface area (Å²) in [4.78, 5) is 25.0. The van der Waals surface area contributed by atoms with Crippen molar-refractivity contribution in [3.05, 3.63) is 34.0 Å². The van der Waals surface area contributed by atoms with Crippen LogP contribution >= 0.6 is 15.9 Å². The zero-order chi connectivity index (χ0) is 15.1. The number of hydrogen-bond acceptors (Lipinski definition) is 3. The minimum atomic E-state index is -0.964. The number of aryl methyl sites for hydroxylation is 1. The molecule has 1 fully saturated rings.